The van der Waals surface area contributed by atoms with E-state index in [0.29, 0.717) is 5.75 Å². The molecule has 1 aliphatic rings. The smallest absolute Gasteiger partial charge is 0.206 e. The molecule has 1 N–H and O–H groups in total. The first-order valence-electron chi connectivity index (χ1n) is 9.60. The molecule has 0 spiro atoms. The van der Waals surface area contributed by atoms with Gasteiger partial charge in [-0.2, -0.15) is 0 Å². The van der Waals surface area contributed by atoms with Crippen LogP contribution >= 0.6 is 23.1 Å². The number of hydrogen-bond donors (Lipinski definition) is 1. The number of ketones is 1. The summed E-state index contributed by atoms with van der Waals surface area (Å²) in [6, 6.07) is 2.00. The van der Waals surface area contributed by atoms with Crippen LogP contribution in [0.25, 0.3) is 0 Å². The summed E-state index contributed by atoms with van der Waals surface area (Å²) in [6.07, 6.45) is 4.76. The van der Waals surface area contributed by atoms with E-state index in [0.717, 1.165) is 71.8 Å². The molecule has 0 radical (unpaired) electrons. The first-order chi connectivity index (χ1) is 13.1. The van der Waals surface area contributed by atoms with E-state index in [1.54, 1.807) is 0 Å². The van der Waals surface area contributed by atoms with Crippen LogP contribution in [0.5, 0.6) is 0 Å². The fraction of sp³-hybridized carbons (Fsp3) is 0.632. The highest BCUT2D eigenvalue weighted by Gasteiger charge is 2.21. The molecule has 0 saturated carbocycles. The van der Waals surface area contributed by atoms with Gasteiger partial charge in [-0.15, -0.1) is 10.2 Å². The fourth-order valence-corrected chi connectivity index (χ4v) is 4.93. The molecule has 1 unspecified atom stereocenters. The number of rotatable bonds is 10. The maximum atomic E-state index is 12.7. The molecule has 1 atom stereocenters. The van der Waals surface area contributed by atoms with Crippen LogP contribution in [0.3, 0.4) is 0 Å². The minimum Gasteiger partial charge on any atom is -0.376 e. The molecule has 6 nitrogen and oxygen atoms in total. The molecule has 148 valence electrons. The first kappa shape index (κ1) is 20.4. The van der Waals surface area contributed by atoms with Crippen molar-refractivity contribution in [1.29, 1.82) is 0 Å². The molecule has 3 heterocycles. The monoisotopic (exact) mass is 408 g/mol. The van der Waals surface area contributed by atoms with Gasteiger partial charge in [0.25, 0.3) is 0 Å². The summed E-state index contributed by atoms with van der Waals surface area (Å²) in [7, 11) is 0. The van der Waals surface area contributed by atoms with E-state index < -0.39 is 0 Å². The van der Waals surface area contributed by atoms with E-state index in [1.165, 1.54) is 23.1 Å². The third-order valence-corrected chi connectivity index (χ3v) is 6.84. The van der Waals surface area contributed by atoms with Gasteiger partial charge in [-0.25, -0.2) is 0 Å². The molecule has 1 fully saturated rings. The van der Waals surface area contributed by atoms with Gasteiger partial charge in [-0.3, -0.25) is 4.79 Å². The number of hydrogen-bond acceptors (Lipinski definition) is 7. The van der Waals surface area contributed by atoms with Crippen LogP contribution in [0.4, 0.5) is 5.13 Å². The molecule has 3 rings (SSSR count). The van der Waals surface area contributed by atoms with Gasteiger partial charge in [0.15, 0.2) is 10.1 Å². The summed E-state index contributed by atoms with van der Waals surface area (Å²) in [5, 5.41) is 12.4. The maximum absolute atomic E-state index is 12.7. The van der Waals surface area contributed by atoms with Gasteiger partial charge < -0.3 is 14.6 Å². The number of thioether (sulfide) groups is 1. The van der Waals surface area contributed by atoms with Crippen LogP contribution in [-0.4, -0.2) is 45.6 Å². The molecular weight excluding hydrogens is 380 g/mol. The Morgan fingerprint density at radius 3 is 3.04 bits per heavy atom. The average Bonchev–Trinajstić information content (AvgIpc) is 3.38. The Labute approximate surface area is 169 Å². The Bertz CT molecular complexity index is 766. The van der Waals surface area contributed by atoms with Crippen LogP contribution in [0.15, 0.2) is 10.4 Å². The predicted molar refractivity (Wildman–Crippen MR) is 111 cm³/mol. The molecular formula is C19H28N4O2S2. The number of aryl methyl sites for hydroxylation is 1. The van der Waals surface area contributed by atoms with Crippen molar-refractivity contribution in [3.8, 4) is 0 Å². The lowest BCUT2D eigenvalue weighted by molar-refractivity contribution is 0.0957. The van der Waals surface area contributed by atoms with Crippen molar-refractivity contribution < 1.29 is 9.53 Å². The van der Waals surface area contributed by atoms with Crippen molar-refractivity contribution in [3.63, 3.8) is 0 Å². The Hall–Kier alpha value is -1.38. The lowest BCUT2D eigenvalue weighted by Crippen LogP contribution is -2.17. The van der Waals surface area contributed by atoms with Gasteiger partial charge >= 0.3 is 0 Å². The number of carbonyl (C=O) groups is 1. The third kappa shape index (κ3) is 5.33. The summed E-state index contributed by atoms with van der Waals surface area (Å²) < 4.78 is 8.80. The van der Waals surface area contributed by atoms with Crippen molar-refractivity contribution in [2.75, 3.05) is 24.2 Å². The zero-order valence-electron chi connectivity index (χ0n) is 16.3. The Morgan fingerprint density at radius 2 is 2.30 bits per heavy atom. The molecule has 1 aliphatic heterocycles. The summed E-state index contributed by atoms with van der Waals surface area (Å²) in [4.78, 5) is 12.7. The minimum atomic E-state index is 0.141. The zero-order valence-corrected chi connectivity index (χ0v) is 17.9. The molecule has 27 heavy (non-hydrogen) atoms. The highest BCUT2D eigenvalue weighted by atomic mass is 32.2. The van der Waals surface area contributed by atoms with Crippen LogP contribution in [-0.2, 0) is 11.3 Å². The lowest BCUT2D eigenvalue weighted by atomic mass is 10.2. The molecule has 1 saturated heterocycles. The minimum absolute atomic E-state index is 0.141. The van der Waals surface area contributed by atoms with E-state index in [1.807, 2.05) is 13.0 Å². The zero-order chi connectivity index (χ0) is 19.2. The molecule has 2 aromatic heterocycles. The molecule has 0 aliphatic carbocycles. The second-order valence-electron chi connectivity index (χ2n) is 6.90. The highest BCUT2D eigenvalue weighted by Crippen LogP contribution is 2.27. The van der Waals surface area contributed by atoms with Gasteiger partial charge in [-0.1, -0.05) is 36.4 Å². The maximum Gasteiger partial charge on any atom is 0.206 e. The normalized spacial score (nSPS) is 16.8. The van der Waals surface area contributed by atoms with Crippen LogP contribution in [0.2, 0.25) is 0 Å². The Balaban J connectivity index is 1.56. The van der Waals surface area contributed by atoms with Crippen LogP contribution < -0.4 is 5.32 Å². The summed E-state index contributed by atoms with van der Waals surface area (Å²) in [5.41, 5.74) is 2.96. The predicted octanol–water partition coefficient (Wildman–Crippen LogP) is 4.32. The first-order valence-corrected chi connectivity index (χ1v) is 11.4. The fourth-order valence-electron chi connectivity index (χ4n) is 3.27. The van der Waals surface area contributed by atoms with Gasteiger partial charge in [0.1, 0.15) is 0 Å². The molecule has 0 bridgehead atoms. The second-order valence-corrected chi connectivity index (χ2v) is 9.10. The summed E-state index contributed by atoms with van der Waals surface area (Å²) >= 11 is 2.97. The number of carbonyl (C=O) groups excluding carboxylic acids is 1. The number of aromatic nitrogens is 3. The number of nitrogens with zero attached hydrogens (tertiary/aromatic N) is 3. The SMILES string of the molecule is CCCCNc1nnc(SCC(=O)c2cc(C)n(CC3CCCO3)c2C)s1. The molecule has 0 amide bonds. The Kier molecular flexibility index (Phi) is 7.32. The lowest BCUT2D eigenvalue weighted by Gasteiger charge is -2.14. The quantitative estimate of drug-likeness (QED) is 0.359. The largest absolute Gasteiger partial charge is 0.376 e. The Morgan fingerprint density at radius 1 is 1.44 bits per heavy atom. The van der Waals surface area contributed by atoms with Crippen molar-refractivity contribution >= 4 is 34.0 Å². The summed E-state index contributed by atoms with van der Waals surface area (Å²) in [5.74, 6) is 0.524. The number of unbranched alkanes of at least 4 members (excludes halogenated alkanes) is 1. The number of ether oxygens (including phenoxy) is 1. The van der Waals surface area contributed by atoms with Crippen LogP contribution in [0, 0.1) is 13.8 Å². The molecule has 8 heteroatoms. The van der Waals surface area contributed by atoms with Crippen molar-refractivity contribution in [2.24, 2.45) is 0 Å². The van der Waals surface area contributed by atoms with Crippen molar-refractivity contribution in [1.82, 2.24) is 14.8 Å². The van der Waals surface area contributed by atoms with Crippen LogP contribution in [0.1, 0.15) is 54.4 Å². The van der Waals surface area contributed by atoms with E-state index in [-0.39, 0.29) is 11.9 Å². The highest BCUT2D eigenvalue weighted by molar-refractivity contribution is 8.01. The number of nitrogens with one attached hydrogen (secondary N) is 1. The number of Topliss-reactive ketones (excluding diaryl/α,β-unsaturated/α-hetero) is 1. The molecule has 0 aromatic carbocycles. The van der Waals surface area contributed by atoms with E-state index in [9.17, 15) is 4.79 Å². The number of anilines is 1. The van der Waals surface area contributed by atoms with Crippen molar-refractivity contribution in [2.45, 2.75) is 63.4 Å². The average molecular weight is 409 g/mol. The van der Waals surface area contributed by atoms with E-state index in [2.05, 4.69) is 33.9 Å². The molecule has 2 aromatic rings. The topological polar surface area (TPSA) is 69.0 Å². The van der Waals surface area contributed by atoms with Gasteiger partial charge in [0.2, 0.25) is 5.13 Å². The standard InChI is InChI=1S/C19H28N4O2S2/c1-4-5-8-20-18-21-22-19(27-18)26-12-17(24)16-10-13(2)23(14(16)3)11-15-7-6-9-25-15/h10,15H,4-9,11-12H2,1-3H3,(H,20,21). The second kappa shape index (κ2) is 9.71. The van der Waals surface area contributed by atoms with E-state index in [4.69, 9.17) is 4.74 Å². The van der Waals surface area contributed by atoms with Crippen molar-refractivity contribution in [3.05, 3.63) is 23.0 Å². The summed E-state index contributed by atoms with van der Waals surface area (Å²) in [6.45, 7) is 8.84. The van der Waals surface area contributed by atoms with Gasteiger partial charge in [-0.05, 0) is 39.2 Å². The third-order valence-electron chi connectivity index (χ3n) is 4.82. The van der Waals surface area contributed by atoms with Gasteiger partial charge in [0.05, 0.1) is 11.9 Å². The van der Waals surface area contributed by atoms with Gasteiger partial charge in [0, 0.05) is 36.6 Å². The van der Waals surface area contributed by atoms with E-state index >= 15 is 0 Å².